The number of hydrogen-bond acceptors (Lipinski definition) is 4. The minimum atomic E-state index is -0.166. The third kappa shape index (κ3) is 5.04. The van der Waals surface area contributed by atoms with E-state index in [0.717, 1.165) is 52.3 Å². The minimum Gasteiger partial charge on any atom is -0.497 e. The van der Waals surface area contributed by atoms with E-state index in [0.29, 0.717) is 16.9 Å². The number of methoxy groups -OCH3 is 1. The molecule has 2 aromatic heterocycles. The van der Waals surface area contributed by atoms with Crippen molar-refractivity contribution in [3.05, 3.63) is 102 Å². The molecule has 206 valence electrons. The Hall–Kier alpha value is -3.55. The molecule has 4 atom stereocenters. The molecule has 0 radical (unpaired) electrons. The number of halogens is 1. The molecule has 0 bridgehead atoms. The van der Waals surface area contributed by atoms with Crippen LogP contribution in [0.2, 0.25) is 5.02 Å². The van der Waals surface area contributed by atoms with Gasteiger partial charge < -0.3 is 24.4 Å². The van der Waals surface area contributed by atoms with Gasteiger partial charge >= 0.3 is 0 Å². The zero-order chi connectivity index (χ0) is 27.8. The molecule has 4 heterocycles. The fraction of sp³-hybridized carbons (Fsp3) is 0.312. The van der Waals surface area contributed by atoms with Crippen LogP contribution in [0.3, 0.4) is 0 Å². The van der Waals surface area contributed by atoms with Gasteiger partial charge in [0.25, 0.3) is 0 Å². The number of piperidine rings is 1. The molecule has 40 heavy (non-hydrogen) atoms. The summed E-state index contributed by atoms with van der Waals surface area (Å²) in [6.07, 6.45) is 5.16. The van der Waals surface area contributed by atoms with Crippen LogP contribution in [-0.4, -0.2) is 34.9 Å². The van der Waals surface area contributed by atoms with Gasteiger partial charge in [-0.2, -0.15) is 0 Å². The van der Waals surface area contributed by atoms with Gasteiger partial charge in [0.1, 0.15) is 11.8 Å². The summed E-state index contributed by atoms with van der Waals surface area (Å²) in [4.78, 5) is 9.31. The first-order valence-electron chi connectivity index (χ1n) is 13.8. The molecule has 0 saturated carbocycles. The fourth-order valence-corrected chi connectivity index (χ4v) is 6.97. The number of benzene rings is 2. The molecule has 0 amide bonds. The molecule has 6 rings (SSSR count). The predicted molar refractivity (Wildman–Crippen MR) is 167 cm³/mol. The monoisotopic (exact) mass is 571 g/mol. The van der Waals surface area contributed by atoms with Crippen LogP contribution in [0.1, 0.15) is 43.7 Å². The van der Waals surface area contributed by atoms with Crippen LogP contribution in [0.25, 0.3) is 5.69 Å². The van der Waals surface area contributed by atoms with Crippen molar-refractivity contribution in [1.82, 2.24) is 14.9 Å². The highest BCUT2D eigenvalue weighted by Crippen LogP contribution is 2.44. The highest BCUT2D eigenvalue weighted by molar-refractivity contribution is 7.80. The molecule has 1 N–H and O–H groups in total. The van der Waals surface area contributed by atoms with Crippen LogP contribution in [0, 0.1) is 11.8 Å². The number of thiocarbonyl (C=S) groups is 1. The SMILES string of the molecule is COc1cccc(-n2cccc2[C@@H]2[C@H](c3ccccn3)NC(=S)N2c2ccc(N3C[C@@H](C)C[C@H](C)C3)c(Cl)c2)c1. The lowest BCUT2D eigenvalue weighted by Crippen LogP contribution is -2.38. The first-order chi connectivity index (χ1) is 19.4. The lowest BCUT2D eigenvalue weighted by molar-refractivity contribution is 0.357. The zero-order valence-electron chi connectivity index (χ0n) is 23.0. The van der Waals surface area contributed by atoms with Gasteiger partial charge in [-0.05, 0) is 85.1 Å². The van der Waals surface area contributed by atoms with Crippen LogP contribution in [0.5, 0.6) is 5.75 Å². The minimum absolute atomic E-state index is 0.157. The molecule has 8 heteroatoms. The van der Waals surface area contributed by atoms with Gasteiger partial charge in [0.15, 0.2) is 5.11 Å². The second kappa shape index (κ2) is 11.1. The molecule has 2 aliphatic rings. The van der Waals surface area contributed by atoms with E-state index in [4.69, 9.17) is 33.5 Å². The third-order valence-corrected chi connectivity index (χ3v) is 8.55. The van der Waals surface area contributed by atoms with Crippen molar-refractivity contribution < 1.29 is 4.74 Å². The average Bonchev–Trinajstić information content (AvgIpc) is 3.57. The van der Waals surface area contributed by atoms with E-state index >= 15 is 0 Å². The second-order valence-electron chi connectivity index (χ2n) is 11.0. The zero-order valence-corrected chi connectivity index (χ0v) is 24.6. The molecule has 0 spiro atoms. The first kappa shape index (κ1) is 26.7. The molecular weight excluding hydrogens is 538 g/mol. The summed E-state index contributed by atoms with van der Waals surface area (Å²) in [5, 5.41) is 4.95. The molecule has 0 aliphatic carbocycles. The summed E-state index contributed by atoms with van der Waals surface area (Å²) in [6, 6.07) is 24.3. The van der Waals surface area contributed by atoms with Crippen LogP contribution in [0.15, 0.2) is 85.2 Å². The lowest BCUT2D eigenvalue weighted by Gasteiger charge is -2.37. The molecule has 2 aliphatic heterocycles. The normalized spacial score (nSPS) is 22.9. The summed E-state index contributed by atoms with van der Waals surface area (Å²) in [7, 11) is 1.69. The van der Waals surface area contributed by atoms with E-state index in [1.165, 1.54) is 6.42 Å². The Morgan fingerprint density at radius 3 is 2.50 bits per heavy atom. The van der Waals surface area contributed by atoms with Crippen LogP contribution < -0.4 is 19.9 Å². The number of rotatable bonds is 6. The summed E-state index contributed by atoms with van der Waals surface area (Å²) in [5.41, 5.74) is 5.05. The molecule has 0 unspecified atom stereocenters. The maximum Gasteiger partial charge on any atom is 0.174 e. The summed E-state index contributed by atoms with van der Waals surface area (Å²) < 4.78 is 7.71. The van der Waals surface area contributed by atoms with Gasteiger partial charge in [-0.15, -0.1) is 0 Å². The quantitative estimate of drug-likeness (QED) is 0.247. The Balaban J connectivity index is 1.43. The number of anilines is 2. The molecule has 2 saturated heterocycles. The van der Waals surface area contributed by atoms with E-state index in [1.807, 2.05) is 42.6 Å². The van der Waals surface area contributed by atoms with E-state index in [1.54, 1.807) is 7.11 Å². The highest BCUT2D eigenvalue weighted by atomic mass is 35.5. The van der Waals surface area contributed by atoms with Gasteiger partial charge in [0.2, 0.25) is 0 Å². The third-order valence-electron chi connectivity index (χ3n) is 7.93. The standard InChI is InChI=1S/C32H34ClN5OS/c1-21-16-22(2)20-36(19-21)28-13-12-24(18-26(28)33)38-31(30(35-32(38)40)27-10-4-5-14-34-27)29-11-7-15-37(29)23-8-6-9-25(17-23)39-3/h4-15,17-18,21-22,30-31H,16,19-20H2,1-3H3,(H,35,40)/t21-,22-,30-,31+/m0/s1. The lowest BCUT2D eigenvalue weighted by atomic mass is 9.91. The largest absolute Gasteiger partial charge is 0.497 e. The van der Waals surface area contributed by atoms with Gasteiger partial charge in [-0.1, -0.05) is 37.6 Å². The smallest absolute Gasteiger partial charge is 0.174 e. The molecule has 4 aromatic rings. The predicted octanol–water partition coefficient (Wildman–Crippen LogP) is 7.19. The number of pyridine rings is 1. The summed E-state index contributed by atoms with van der Waals surface area (Å²) in [6.45, 7) is 6.68. The summed E-state index contributed by atoms with van der Waals surface area (Å²) >= 11 is 13.0. The van der Waals surface area contributed by atoms with Crippen molar-refractivity contribution in [1.29, 1.82) is 0 Å². The maximum absolute atomic E-state index is 7.01. The van der Waals surface area contributed by atoms with Crippen molar-refractivity contribution in [3.8, 4) is 11.4 Å². The van der Waals surface area contributed by atoms with Crippen molar-refractivity contribution in [2.75, 3.05) is 30.0 Å². The van der Waals surface area contributed by atoms with E-state index in [-0.39, 0.29) is 12.1 Å². The van der Waals surface area contributed by atoms with E-state index < -0.39 is 0 Å². The van der Waals surface area contributed by atoms with Gasteiger partial charge in [0.05, 0.1) is 29.6 Å². The van der Waals surface area contributed by atoms with Gasteiger partial charge in [-0.3, -0.25) is 4.98 Å². The molecule has 2 aromatic carbocycles. The molecule has 2 fully saturated rings. The molecular formula is C32H34ClN5OS. The fourth-order valence-electron chi connectivity index (χ4n) is 6.33. The van der Waals surface area contributed by atoms with Crippen molar-refractivity contribution >= 4 is 40.3 Å². The number of nitrogens with zero attached hydrogens (tertiary/aromatic N) is 4. The van der Waals surface area contributed by atoms with Crippen LogP contribution in [-0.2, 0) is 0 Å². The Morgan fingerprint density at radius 1 is 0.950 bits per heavy atom. The van der Waals surface area contributed by atoms with E-state index in [2.05, 4.69) is 76.1 Å². The highest BCUT2D eigenvalue weighted by Gasteiger charge is 2.42. The van der Waals surface area contributed by atoms with Gasteiger partial charge in [-0.25, -0.2) is 0 Å². The number of ether oxygens (including phenoxy) is 1. The Bertz CT molecular complexity index is 1500. The molecule has 6 nitrogen and oxygen atoms in total. The van der Waals surface area contributed by atoms with Crippen molar-refractivity contribution in [2.45, 2.75) is 32.4 Å². The Morgan fingerprint density at radius 2 is 1.77 bits per heavy atom. The van der Waals surface area contributed by atoms with E-state index in [9.17, 15) is 0 Å². The average molecular weight is 572 g/mol. The number of hydrogen-bond donors (Lipinski definition) is 1. The van der Waals surface area contributed by atoms with Crippen LogP contribution >= 0.6 is 23.8 Å². The second-order valence-corrected chi connectivity index (χ2v) is 11.8. The number of aromatic nitrogens is 2. The maximum atomic E-state index is 7.01. The topological polar surface area (TPSA) is 45.6 Å². The van der Waals surface area contributed by atoms with Gasteiger partial charge in [0, 0.05) is 48.6 Å². The Kier molecular flexibility index (Phi) is 7.43. The van der Waals surface area contributed by atoms with Crippen molar-refractivity contribution in [3.63, 3.8) is 0 Å². The first-order valence-corrected chi connectivity index (χ1v) is 14.6. The number of nitrogens with one attached hydrogen (secondary N) is 1. The van der Waals surface area contributed by atoms with Crippen LogP contribution in [0.4, 0.5) is 11.4 Å². The summed E-state index contributed by atoms with van der Waals surface area (Å²) in [5.74, 6) is 2.09. The Labute approximate surface area is 246 Å². The van der Waals surface area contributed by atoms with Crippen molar-refractivity contribution in [2.24, 2.45) is 11.8 Å².